The van der Waals surface area contributed by atoms with Gasteiger partial charge in [-0.05, 0) is 98.7 Å². The quantitative estimate of drug-likeness (QED) is 0.588. The van der Waals surface area contributed by atoms with Crippen LogP contribution in [-0.2, 0) is 4.74 Å². The third-order valence-corrected chi connectivity index (χ3v) is 9.33. The Morgan fingerprint density at radius 1 is 0.909 bits per heavy atom. The number of hydrogen-bond acceptors (Lipinski definition) is 1. The monoisotopic (exact) mass is 302 g/mol. The molecule has 5 fully saturated rings. The highest BCUT2D eigenvalue weighted by molar-refractivity contribution is 5.08. The maximum Gasteiger partial charge on any atom is 0.0919 e. The van der Waals surface area contributed by atoms with E-state index in [2.05, 4.69) is 13.8 Å². The largest absolute Gasteiger partial charge is 0.370 e. The van der Waals surface area contributed by atoms with Crippen LogP contribution in [0.4, 0.5) is 0 Å². The molecule has 1 heteroatoms. The van der Waals surface area contributed by atoms with E-state index in [0.29, 0.717) is 11.0 Å². The zero-order valence-electron chi connectivity index (χ0n) is 14.7. The van der Waals surface area contributed by atoms with Gasteiger partial charge in [-0.1, -0.05) is 20.3 Å². The minimum atomic E-state index is 0.387. The minimum Gasteiger partial charge on any atom is -0.370 e. The van der Waals surface area contributed by atoms with Crippen molar-refractivity contribution in [3.8, 4) is 0 Å². The van der Waals surface area contributed by atoms with Gasteiger partial charge in [-0.2, -0.15) is 0 Å². The Bertz CT molecular complexity index is 453. The van der Waals surface area contributed by atoms with E-state index in [0.717, 1.165) is 42.1 Å². The van der Waals surface area contributed by atoms with Crippen LogP contribution in [0.1, 0.15) is 78.1 Å². The molecule has 4 saturated carbocycles. The van der Waals surface area contributed by atoms with E-state index in [1.807, 2.05) is 0 Å². The Morgan fingerprint density at radius 2 is 1.73 bits per heavy atom. The smallest absolute Gasteiger partial charge is 0.0919 e. The summed E-state index contributed by atoms with van der Waals surface area (Å²) in [4.78, 5) is 0. The normalized spacial score (nSPS) is 59.7. The van der Waals surface area contributed by atoms with Crippen molar-refractivity contribution in [1.82, 2.24) is 0 Å². The Hall–Kier alpha value is -0.0400. The maximum absolute atomic E-state index is 5.84. The van der Waals surface area contributed by atoms with E-state index in [9.17, 15) is 0 Å². The van der Waals surface area contributed by atoms with Gasteiger partial charge in [-0.15, -0.1) is 0 Å². The lowest BCUT2D eigenvalue weighted by Crippen LogP contribution is -2.49. The van der Waals surface area contributed by atoms with Crippen LogP contribution in [0, 0.1) is 40.9 Å². The second kappa shape index (κ2) is 4.74. The second-order valence-electron chi connectivity index (χ2n) is 9.88. The van der Waals surface area contributed by atoms with Crippen molar-refractivity contribution >= 4 is 0 Å². The molecule has 1 aliphatic heterocycles. The van der Waals surface area contributed by atoms with Crippen LogP contribution in [-0.4, -0.2) is 12.2 Å². The molecule has 5 rings (SSSR count). The average molecular weight is 303 g/mol. The minimum absolute atomic E-state index is 0.387. The summed E-state index contributed by atoms with van der Waals surface area (Å²) >= 11 is 0. The Morgan fingerprint density at radius 3 is 2.50 bits per heavy atom. The Kier molecular flexibility index (Phi) is 3.09. The Labute approximate surface area is 136 Å². The fourth-order valence-corrected chi connectivity index (χ4v) is 8.09. The summed E-state index contributed by atoms with van der Waals surface area (Å²) in [6, 6.07) is 0. The molecule has 0 aromatic rings. The lowest BCUT2D eigenvalue weighted by molar-refractivity contribution is -0.0707. The van der Waals surface area contributed by atoms with E-state index in [1.54, 1.807) is 25.7 Å². The third kappa shape index (κ3) is 1.87. The molecule has 2 unspecified atom stereocenters. The predicted octanol–water partition coefficient (Wildman–Crippen LogP) is 5.43. The van der Waals surface area contributed by atoms with Crippen molar-refractivity contribution in [3.63, 3.8) is 0 Å². The molecule has 4 aliphatic carbocycles. The van der Waals surface area contributed by atoms with Gasteiger partial charge in [0.2, 0.25) is 0 Å². The summed E-state index contributed by atoms with van der Waals surface area (Å²) < 4.78 is 5.84. The van der Waals surface area contributed by atoms with Crippen molar-refractivity contribution in [2.75, 3.05) is 6.61 Å². The topological polar surface area (TPSA) is 12.5 Å². The second-order valence-corrected chi connectivity index (χ2v) is 9.88. The molecule has 1 saturated heterocycles. The first-order chi connectivity index (χ1) is 10.7. The van der Waals surface area contributed by atoms with Crippen LogP contribution in [0.2, 0.25) is 0 Å². The first-order valence-electron chi connectivity index (χ1n) is 10.3. The van der Waals surface area contributed by atoms with Gasteiger partial charge in [-0.3, -0.25) is 0 Å². The van der Waals surface area contributed by atoms with Crippen LogP contribution in [0.25, 0.3) is 0 Å². The SMILES string of the molecule is CC[C@H]1CC[C@H]2C3CC[C@H]4CC5(CC[C@@H]4[C@H]3CC[C@]12C)CO5. The molecule has 1 heterocycles. The number of epoxide rings is 1. The van der Waals surface area contributed by atoms with Crippen molar-refractivity contribution in [3.05, 3.63) is 0 Å². The van der Waals surface area contributed by atoms with E-state index in [-0.39, 0.29) is 0 Å². The molecule has 22 heavy (non-hydrogen) atoms. The van der Waals surface area contributed by atoms with E-state index in [4.69, 9.17) is 4.74 Å². The van der Waals surface area contributed by atoms with E-state index in [1.165, 1.54) is 38.5 Å². The number of hydrogen-bond donors (Lipinski definition) is 0. The zero-order chi connectivity index (χ0) is 14.9. The maximum atomic E-state index is 5.84. The highest BCUT2D eigenvalue weighted by Gasteiger charge is 2.59. The lowest BCUT2D eigenvalue weighted by atomic mass is 9.49. The van der Waals surface area contributed by atoms with Gasteiger partial charge in [0.1, 0.15) is 0 Å². The molecular weight excluding hydrogens is 268 g/mol. The molecule has 1 nitrogen and oxygen atoms in total. The van der Waals surface area contributed by atoms with Crippen molar-refractivity contribution in [1.29, 1.82) is 0 Å². The van der Waals surface area contributed by atoms with Crippen molar-refractivity contribution < 1.29 is 4.74 Å². The fourth-order valence-electron chi connectivity index (χ4n) is 8.09. The number of ether oxygens (including phenoxy) is 1. The number of fused-ring (bicyclic) bond motifs is 5. The predicted molar refractivity (Wildman–Crippen MR) is 89.6 cm³/mol. The molecular formula is C21H34O. The number of rotatable bonds is 1. The van der Waals surface area contributed by atoms with Gasteiger partial charge >= 0.3 is 0 Å². The van der Waals surface area contributed by atoms with Crippen LogP contribution in [0.5, 0.6) is 0 Å². The summed E-state index contributed by atoms with van der Waals surface area (Å²) in [5.74, 6) is 6.37. The van der Waals surface area contributed by atoms with Crippen molar-refractivity contribution in [2.24, 2.45) is 40.9 Å². The van der Waals surface area contributed by atoms with Crippen LogP contribution >= 0.6 is 0 Å². The molecule has 0 amide bonds. The van der Waals surface area contributed by atoms with E-state index < -0.39 is 0 Å². The first kappa shape index (κ1) is 14.3. The van der Waals surface area contributed by atoms with Gasteiger partial charge < -0.3 is 4.74 Å². The standard InChI is InChI=1S/C21H34O/c1-3-15-5-7-19-18-6-4-14-12-21(13-22-21)11-9-16(14)17(18)8-10-20(15,19)2/h14-19H,3-13H2,1-2H3/t14-,15-,16-,17+,18?,19-,20+,21?/m0/s1. The summed E-state index contributed by atoms with van der Waals surface area (Å²) in [6.07, 6.45) is 15.0. The average Bonchev–Trinajstić information content (AvgIpc) is 3.17. The van der Waals surface area contributed by atoms with E-state index >= 15 is 0 Å². The summed E-state index contributed by atoms with van der Waals surface area (Å²) in [7, 11) is 0. The van der Waals surface area contributed by atoms with Gasteiger partial charge in [0, 0.05) is 0 Å². The van der Waals surface area contributed by atoms with Gasteiger partial charge in [0.15, 0.2) is 0 Å². The van der Waals surface area contributed by atoms with Gasteiger partial charge in [0.25, 0.3) is 0 Å². The molecule has 124 valence electrons. The highest BCUT2D eigenvalue weighted by atomic mass is 16.6. The molecule has 0 N–H and O–H groups in total. The molecule has 0 aromatic heterocycles. The van der Waals surface area contributed by atoms with Gasteiger partial charge in [0.05, 0.1) is 12.2 Å². The molecule has 8 atom stereocenters. The first-order valence-corrected chi connectivity index (χ1v) is 10.3. The van der Waals surface area contributed by atoms with Crippen LogP contribution in [0.3, 0.4) is 0 Å². The third-order valence-electron chi connectivity index (χ3n) is 9.33. The molecule has 0 aromatic carbocycles. The van der Waals surface area contributed by atoms with Crippen LogP contribution < -0.4 is 0 Å². The zero-order valence-corrected chi connectivity index (χ0v) is 14.7. The molecule has 1 spiro atoms. The molecule has 0 radical (unpaired) electrons. The Balaban J connectivity index is 1.37. The van der Waals surface area contributed by atoms with Gasteiger partial charge in [-0.25, -0.2) is 0 Å². The summed E-state index contributed by atoms with van der Waals surface area (Å²) in [6.45, 7) is 6.20. The molecule has 5 aliphatic rings. The van der Waals surface area contributed by atoms with Crippen LogP contribution in [0.15, 0.2) is 0 Å². The summed E-state index contributed by atoms with van der Waals surface area (Å²) in [5.41, 5.74) is 1.09. The molecule has 0 bridgehead atoms. The summed E-state index contributed by atoms with van der Waals surface area (Å²) in [5, 5.41) is 0. The highest BCUT2D eigenvalue weighted by Crippen LogP contribution is 2.65. The van der Waals surface area contributed by atoms with Crippen molar-refractivity contribution in [2.45, 2.75) is 83.7 Å². The lowest BCUT2D eigenvalue weighted by Gasteiger charge is -2.56. The fraction of sp³-hybridized carbons (Fsp3) is 1.00.